The van der Waals surface area contributed by atoms with Crippen molar-refractivity contribution in [2.45, 2.75) is 0 Å². The topological polar surface area (TPSA) is 74.7 Å². The molecule has 2 amide bonds. The van der Waals surface area contributed by atoms with E-state index in [1.165, 1.54) is 6.08 Å². The van der Waals surface area contributed by atoms with Gasteiger partial charge in [-0.3, -0.25) is 14.5 Å². The molecule has 0 bridgehead atoms. The van der Waals surface area contributed by atoms with Crippen LogP contribution in [0.1, 0.15) is 0 Å². The third-order valence-corrected chi connectivity index (χ3v) is 2.25. The Labute approximate surface area is 78.4 Å². The summed E-state index contributed by atoms with van der Waals surface area (Å²) < 4.78 is 0. The monoisotopic (exact) mass is 201 g/mol. The van der Waals surface area contributed by atoms with Crippen molar-refractivity contribution in [1.29, 1.82) is 0 Å². The van der Waals surface area contributed by atoms with Gasteiger partial charge in [0.05, 0.1) is 5.75 Å². The summed E-state index contributed by atoms with van der Waals surface area (Å²) in [7, 11) is 0. The quantitative estimate of drug-likeness (QED) is 0.665. The summed E-state index contributed by atoms with van der Waals surface area (Å²) in [5, 5.41) is 7.92. The molecule has 1 aliphatic rings. The first-order valence-corrected chi connectivity index (χ1v) is 4.46. The molecule has 0 unspecified atom stereocenters. The van der Waals surface area contributed by atoms with Gasteiger partial charge in [-0.2, -0.15) is 0 Å². The van der Waals surface area contributed by atoms with Crippen LogP contribution in [0, 0.1) is 0 Å². The standard InChI is InChI=1S/C7H7NO4S/c9-5-4-13-7(12)8(5)3-1-2-6(10)11/h1-2H,3-4H2,(H,10,11)/b2-1+. The molecule has 0 radical (unpaired) electrons. The molecule has 70 valence electrons. The van der Waals surface area contributed by atoms with E-state index in [1.807, 2.05) is 0 Å². The van der Waals surface area contributed by atoms with E-state index in [4.69, 9.17) is 5.11 Å². The highest BCUT2D eigenvalue weighted by atomic mass is 32.2. The maximum atomic E-state index is 11.0. The summed E-state index contributed by atoms with van der Waals surface area (Å²) in [6.45, 7) is 0.0387. The number of carboxylic acid groups (broad SMARTS) is 1. The van der Waals surface area contributed by atoms with Crippen LogP contribution in [-0.2, 0) is 9.59 Å². The Hall–Kier alpha value is -1.30. The minimum Gasteiger partial charge on any atom is -0.478 e. The van der Waals surface area contributed by atoms with Gasteiger partial charge < -0.3 is 5.11 Å². The fourth-order valence-corrected chi connectivity index (χ4v) is 1.55. The Morgan fingerprint density at radius 3 is 2.77 bits per heavy atom. The van der Waals surface area contributed by atoms with Crippen LogP contribution in [0.15, 0.2) is 12.2 Å². The Kier molecular flexibility index (Phi) is 3.07. The van der Waals surface area contributed by atoms with Crippen molar-refractivity contribution in [1.82, 2.24) is 4.90 Å². The van der Waals surface area contributed by atoms with Gasteiger partial charge >= 0.3 is 5.97 Å². The van der Waals surface area contributed by atoms with Gasteiger partial charge in [0.2, 0.25) is 5.91 Å². The lowest BCUT2D eigenvalue weighted by atomic mass is 10.4. The van der Waals surface area contributed by atoms with Gasteiger partial charge in [0.25, 0.3) is 5.24 Å². The van der Waals surface area contributed by atoms with Crippen molar-refractivity contribution in [2.75, 3.05) is 12.3 Å². The van der Waals surface area contributed by atoms with Gasteiger partial charge in [-0.1, -0.05) is 17.8 Å². The Morgan fingerprint density at radius 1 is 1.62 bits per heavy atom. The Morgan fingerprint density at radius 2 is 2.31 bits per heavy atom. The van der Waals surface area contributed by atoms with Gasteiger partial charge in [0.15, 0.2) is 0 Å². The normalized spacial score (nSPS) is 17.4. The molecule has 0 aromatic carbocycles. The van der Waals surface area contributed by atoms with Crippen LogP contribution in [0.25, 0.3) is 0 Å². The van der Waals surface area contributed by atoms with Crippen LogP contribution in [0.2, 0.25) is 0 Å². The van der Waals surface area contributed by atoms with E-state index in [0.29, 0.717) is 0 Å². The lowest BCUT2D eigenvalue weighted by molar-refractivity contribution is -0.131. The van der Waals surface area contributed by atoms with E-state index >= 15 is 0 Å². The zero-order chi connectivity index (χ0) is 9.84. The molecule has 1 saturated heterocycles. The fourth-order valence-electron chi connectivity index (χ4n) is 0.816. The van der Waals surface area contributed by atoms with Gasteiger partial charge in [0.1, 0.15) is 0 Å². The number of rotatable bonds is 3. The molecule has 0 saturated carbocycles. The molecule has 1 fully saturated rings. The molecule has 0 spiro atoms. The number of carbonyl (C=O) groups is 3. The summed E-state index contributed by atoms with van der Waals surface area (Å²) in [5.74, 6) is -1.21. The van der Waals surface area contributed by atoms with Crippen molar-refractivity contribution in [2.24, 2.45) is 0 Å². The number of aliphatic carboxylic acids is 1. The maximum absolute atomic E-state index is 11.0. The molecular weight excluding hydrogens is 194 g/mol. The number of hydrogen-bond donors (Lipinski definition) is 1. The highest BCUT2D eigenvalue weighted by Gasteiger charge is 2.28. The molecule has 1 N–H and O–H groups in total. The van der Waals surface area contributed by atoms with E-state index in [1.54, 1.807) is 0 Å². The number of hydrogen-bond acceptors (Lipinski definition) is 4. The summed E-state index contributed by atoms with van der Waals surface area (Å²) in [5.41, 5.74) is 0. The molecule has 0 aliphatic carbocycles. The first-order chi connectivity index (χ1) is 6.11. The molecule has 0 aromatic heterocycles. The molecule has 0 aromatic rings. The zero-order valence-electron chi connectivity index (χ0n) is 6.60. The highest BCUT2D eigenvalue weighted by molar-refractivity contribution is 8.14. The molecule has 1 heterocycles. The molecule has 13 heavy (non-hydrogen) atoms. The lowest BCUT2D eigenvalue weighted by Crippen LogP contribution is -2.28. The van der Waals surface area contributed by atoms with Crippen LogP contribution in [0.3, 0.4) is 0 Å². The first-order valence-electron chi connectivity index (χ1n) is 3.48. The van der Waals surface area contributed by atoms with E-state index in [9.17, 15) is 14.4 Å². The van der Waals surface area contributed by atoms with E-state index in [2.05, 4.69) is 0 Å². The molecule has 1 aliphatic heterocycles. The van der Waals surface area contributed by atoms with Crippen LogP contribution in [0.5, 0.6) is 0 Å². The molecule has 5 nitrogen and oxygen atoms in total. The first kappa shape index (κ1) is 9.79. The Balaban J connectivity index is 2.49. The maximum Gasteiger partial charge on any atom is 0.328 e. The minimum atomic E-state index is -1.09. The van der Waals surface area contributed by atoms with E-state index in [0.717, 1.165) is 22.7 Å². The van der Waals surface area contributed by atoms with Crippen molar-refractivity contribution in [3.8, 4) is 0 Å². The van der Waals surface area contributed by atoms with Crippen LogP contribution in [0.4, 0.5) is 4.79 Å². The van der Waals surface area contributed by atoms with E-state index < -0.39 is 5.97 Å². The van der Waals surface area contributed by atoms with Crippen molar-refractivity contribution >= 4 is 28.9 Å². The highest BCUT2D eigenvalue weighted by Crippen LogP contribution is 2.17. The number of thioether (sulfide) groups is 1. The van der Waals surface area contributed by atoms with Gasteiger partial charge in [-0.25, -0.2) is 4.79 Å². The third-order valence-electron chi connectivity index (χ3n) is 1.39. The molecule has 1 rings (SSSR count). The average Bonchev–Trinajstić information content (AvgIpc) is 2.34. The van der Waals surface area contributed by atoms with Crippen molar-refractivity contribution < 1.29 is 19.5 Å². The smallest absolute Gasteiger partial charge is 0.328 e. The van der Waals surface area contributed by atoms with Crippen LogP contribution in [-0.4, -0.2) is 39.4 Å². The summed E-state index contributed by atoms with van der Waals surface area (Å²) in [6, 6.07) is 0. The number of imide groups is 1. The summed E-state index contributed by atoms with van der Waals surface area (Å²) in [4.78, 5) is 33.0. The zero-order valence-corrected chi connectivity index (χ0v) is 7.41. The lowest BCUT2D eigenvalue weighted by Gasteiger charge is -2.07. The number of carbonyl (C=O) groups excluding carboxylic acids is 2. The molecule has 0 atom stereocenters. The Bertz CT molecular complexity index is 270. The van der Waals surface area contributed by atoms with Crippen LogP contribution >= 0.6 is 11.8 Å². The van der Waals surface area contributed by atoms with Crippen molar-refractivity contribution in [3.05, 3.63) is 12.2 Å². The molecular formula is C7H7NO4S. The van der Waals surface area contributed by atoms with Gasteiger partial charge in [0, 0.05) is 12.6 Å². The van der Waals surface area contributed by atoms with Gasteiger partial charge in [-0.15, -0.1) is 0 Å². The second kappa shape index (κ2) is 4.08. The second-order valence-corrected chi connectivity index (χ2v) is 3.23. The fraction of sp³-hybridized carbons (Fsp3) is 0.286. The predicted molar refractivity (Wildman–Crippen MR) is 46.3 cm³/mol. The number of carboxylic acids is 1. The molecule has 6 heteroatoms. The van der Waals surface area contributed by atoms with Crippen LogP contribution < -0.4 is 0 Å². The van der Waals surface area contributed by atoms with Crippen molar-refractivity contribution in [3.63, 3.8) is 0 Å². The average molecular weight is 201 g/mol. The second-order valence-electron chi connectivity index (χ2n) is 2.30. The summed E-state index contributed by atoms with van der Waals surface area (Å²) >= 11 is 0.928. The third kappa shape index (κ3) is 2.59. The number of amides is 2. The summed E-state index contributed by atoms with van der Waals surface area (Å²) in [6.07, 6.45) is 2.17. The SMILES string of the molecule is O=C(O)/C=C/CN1C(=O)CSC1=O. The van der Waals surface area contributed by atoms with Gasteiger partial charge in [-0.05, 0) is 0 Å². The number of nitrogens with zero attached hydrogens (tertiary/aromatic N) is 1. The predicted octanol–water partition coefficient (Wildman–Crippen LogP) is 0.323. The van der Waals surface area contributed by atoms with E-state index in [-0.39, 0.29) is 23.4 Å². The minimum absolute atomic E-state index is 0.0387. The largest absolute Gasteiger partial charge is 0.478 e.